The Hall–Kier alpha value is -2.45. The molecule has 1 aromatic carbocycles. The van der Waals surface area contributed by atoms with Crippen LogP contribution in [0.15, 0.2) is 35.2 Å². The van der Waals surface area contributed by atoms with Gasteiger partial charge in [0.05, 0.1) is 11.8 Å². The van der Waals surface area contributed by atoms with Crippen LogP contribution in [-0.4, -0.2) is 17.3 Å². The smallest absolute Gasteiger partial charge is 0.416 e. The molecule has 2 rings (SSSR count). The van der Waals surface area contributed by atoms with Gasteiger partial charge in [-0.1, -0.05) is 0 Å². The summed E-state index contributed by atoms with van der Waals surface area (Å²) in [6.45, 7) is 0. The molecule has 0 unspecified atom stereocenters. The van der Waals surface area contributed by atoms with Crippen LogP contribution in [0.4, 0.5) is 27.6 Å². The molecule has 1 amide bonds. The van der Waals surface area contributed by atoms with Gasteiger partial charge in [0.15, 0.2) is 12.2 Å². The topological polar surface area (TPSA) is 55.1 Å². The number of anilines is 1. The predicted octanol–water partition coefficient (Wildman–Crippen LogP) is 3.56. The molecule has 112 valence electrons. The van der Waals surface area contributed by atoms with Crippen LogP contribution in [-0.2, 0) is 11.0 Å². The van der Waals surface area contributed by atoms with Crippen molar-refractivity contribution in [2.75, 3.05) is 5.32 Å². The summed E-state index contributed by atoms with van der Waals surface area (Å²) in [5.41, 5.74) is -1.57. The van der Waals surface area contributed by atoms with E-state index in [2.05, 4.69) is 4.98 Å². The van der Waals surface area contributed by atoms with E-state index in [1.807, 2.05) is 0 Å². The summed E-state index contributed by atoms with van der Waals surface area (Å²) in [6.07, 6.45) is -5.88. The Bertz CT molecular complexity index is 638. The lowest BCUT2D eigenvalue weighted by Gasteiger charge is -2.12. The molecule has 1 aromatic heterocycles. The lowest BCUT2D eigenvalue weighted by Crippen LogP contribution is -2.20. The Morgan fingerprint density at radius 1 is 1.24 bits per heavy atom. The van der Waals surface area contributed by atoms with Crippen molar-refractivity contribution in [3.63, 3.8) is 0 Å². The van der Waals surface area contributed by atoms with Gasteiger partial charge in [0, 0.05) is 11.3 Å². The van der Waals surface area contributed by atoms with Crippen LogP contribution in [0.25, 0.3) is 11.3 Å². The van der Waals surface area contributed by atoms with Gasteiger partial charge in [-0.2, -0.15) is 22.0 Å². The molecule has 4 nitrogen and oxygen atoms in total. The van der Waals surface area contributed by atoms with Crippen molar-refractivity contribution < 1.29 is 31.2 Å². The number of alkyl halides is 5. The number of carbonyl (C=O) groups is 1. The fraction of sp³-hybridized carbons (Fsp3) is 0.167. The van der Waals surface area contributed by atoms with Crippen LogP contribution in [0.2, 0.25) is 0 Å². The molecule has 1 heterocycles. The number of halogens is 5. The van der Waals surface area contributed by atoms with Gasteiger partial charge >= 0.3 is 12.6 Å². The zero-order chi connectivity index (χ0) is 15.6. The van der Waals surface area contributed by atoms with Crippen LogP contribution < -0.4 is 5.32 Å². The van der Waals surface area contributed by atoms with Crippen LogP contribution in [0, 0.1) is 0 Å². The van der Waals surface area contributed by atoms with E-state index in [0.717, 1.165) is 24.7 Å². The monoisotopic (exact) mass is 306 g/mol. The van der Waals surface area contributed by atoms with Crippen LogP contribution in [0.5, 0.6) is 0 Å². The largest absolute Gasteiger partial charge is 0.444 e. The van der Waals surface area contributed by atoms with Crippen molar-refractivity contribution in [3.8, 4) is 11.3 Å². The van der Waals surface area contributed by atoms with E-state index < -0.39 is 29.8 Å². The Morgan fingerprint density at radius 2 is 1.95 bits per heavy atom. The van der Waals surface area contributed by atoms with E-state index in [1.165, 1.54) is 0 Å². The van der Waals surface area contributed by atoms with E-state index in [9.17, 15) is 26.7 Å². The van der Waals surface area contributed by atoms with Crippen molar-refractivity contribution in [1.82, 2.24) is 4.98 Å². The van der Waals surface area contributed by atoms with E-state index >= 15 is 0 Å². The third kappa shape index (κ3) is 3.56. The van der Waals surface area contributed by atoms with Gasteiger partial charge in [0.1, 0.15) is 0 Å². The highest BCUT2D eigenvalue weighted by atomic mass is 19.4. The van der Waals surface area contributed by atoms with Crippen LogP contribution >= 0.6 is 0 Å². The molecule has 0 spiro atoms. The van der Waals surface area contributed by atoms with E-state index in [1.54, 1.807) is 5.32 Å². The second-order valence-electron chi connectivity index (χ2n) is 3.95. The molecule has 2 aromatic rings. The van der Waals surface area contributed by atoms with Gasteiger partial charge in [-0.3, -0.25) is 4.79 Å². The summed E-state index contributed by atoms with van der Waals surface area (Å²) in [5.74, 6) is -1.69. The second kappa shape index (κ2) is 5.51. The molecule has 1 N–H and O–H groups in total. The van der Waals surface area contributed by atoms with Gasteiger partial charge in [-0.05, 0) is 18.2 Å². The number of rotatable bonds is 3. The highest BCUT2D eigenvalue weighted by Gasteiger charge is 2.32. The molecule has 0 saturated carbocycles. The Labute approximate surface area is 114 Å². The molecular weight excluding hydrogens is 299 g/mol. The molecule has 0 aliphatic carbocycles. The highest BCUT2D eigenvalue weighted by molar-refractivity contribution is 5.93. The first-order valence-corrected chi connectivity index (χ1v) is 5.47. The molecule has 21 heavy (non-hydrogen) atoms. The van der Waals surface area contributed by atoms with Gasteiger partial charge in [-0.25, -0.2) is 4.98 Å². The zero-order valence-electron chi connectivity index (χ0n) is 10.1. The zero-order valence-corrected chi connectivity index (χ0v) is 10.1. The van der Waals surface area contributed by atoms with Crippen LogP contribution in [0.3, 0.4) is 0 Å². The number of hydrogen-bond acceptors (Lipinski definition) is 3. The molecule has 0 fully saturated rings. The SMILES string of the molecule is O=C(Nc1cc(-c2cnco2)cc(C(F)(F)F)c1)C(F)F. The summed E-state index contributed by atoms with van der Waals surface area (Å²) < 4.78 is 67.5. The minimum absolute atomic E-state index is 0.00801. The van der Waals surface area contributed by atoms with Gasteiger partial charge in [0.2, 0.25) is 0 Å². The Morgan fingerprint density at radius 3 is 2.48 bits per heavy atom. The molecule has 0 atom stereocenters. The Balaban J connectivity index is 2.45. The number of oxazole rings is 1. The van der Waals surface area contributed by atoms with Gasteiger partial charge in [0.25, 0.3) is 5.91 Å². The molecule has 0 saturated heterocycles. The van der Waals surface area contributed by atoms with E-state index in [4.69, 9.17) is 4.42 Å². The maximum atomic E-state index is 12.8. The van der Waals surface area contributed by atoms with Crippen molar-refractivity contribution >= 4 is 11.6 Å². The standard InChI is InChI=1S/C12H7F5N2O2/c13-10(14)11(20)19-8-2-6(9-4-18-5-21-9)1-7(3-8)12(15,16)17/h1-5,10H,(H,19,20). The second-order valence-corrected chi connectivity index (χ2v) is 3.95. The summed E-state index contributed by atoms with van der Waals surface area (Å²) >= 11 is 0. The van der Waals surface area contributed by atoms with Crippen LogP contribution in [0.1, 0.15) is 5.56 Å². The lowest BCUT2D eigenvalue weighted by molar-refractivity contribution is -0.137. The minimum Gasteiger partial charge on any atom is -0.444 e. The normalized spacial score (nSPS) is 11.7. The van der Waals surface area contributed by atoms with Crippen molar-refractivity contribution in [2.24, 2.45) is 0 Å². The van der Waals surface area contributed by atoms with Crippen molar-refractivity contribution in [2.45, 2.75) is 12.6 Å². The highest BCUT2D eigenvalue weighted by Crippen LogP contribution is 2.34. The summed E-state index contributed by atoms with van der Waals surface area (Å²) in [5, 5.41) is 1.71. The molecular formula is C12H7F5N2O2. The van der Waals surface area contributed by atoms with Gasteiger partial charge < -0.3 is 9.73 Å². The molecule has 0 aliphatic heterocycles. The molecule has 0 bridgehead atoms. The third-order valence-electron chi connectivity index (χ3n) is 2.44. The number of benzene rings is 1. The number of amides is 1. The first kappa shape index (κ1) is 14.9. The molecule has 0 aliphatic rings. The summed E-state index contributed by atoms with van der Waals surface area (Å²) in [6, 6.07) is 2.40. The summed E-state index contributed by atoms with van der Waals surface area (Å²) in [4.78, 5) is 14.4. The number of hydrogen-bond donors (Lipinski definition) is 1. The number of aromatic nitrogens is 1. The average Bonchev–Trinajstić information content (AvgIpc) is 2.91. The fourth-order valence-electron chi connectivity index (χ4n) is 1.56. The predicted molar refractivity (Wildman–Crippen MR) is 61.6 cm³/mol. The average molecular weight is 306 g/mol. The van der Waals surface area contributed by atoms with Gasteiger partial charge in [-0.15, -0.1) is 0 Å². The van der Waals surface area contributed by atoms with Crippen molar-refractivity contribution in [3.05, 3.63) is 36.4 Å². The minimum atomic E-state index is -4.71. The fourth-order valence-corrected chi connectivity index (χ4v) is 1.56. The Kier molecular flexibility index (Phi) is 3.92. The molecule has 0 radical (unpaired) electrons. The maximum absolute atomic E-state index is 12.8. The molecule has 9 heteroatoms. The van der Waals surface area contributed by atoms with E-state index in [0.29, 0.717) is 6.07 Å². The number of nitrogens with one attached hydrogen (secondary N) is 1. The third-order valence-corrected chi connectivity index (χ3v) is 2.44. The maximum Gasteiger partial charge on any atom is 0.416 e. The quantitative estimate of drug-likeness (QED) is 0.882. The first-order chi connectivity index (χ1) is 9.77. The number of nitrogens with zero attached hydrogens (tertiary/aromatic N) is 1. The van der Waals surface area contributed by atoms with Crippen molar-refractivity contribution in [1.29, 1.82) is 0 Å². The number of carbonyl (C=O) groups excluding carboxylic acids is 1. The first-order valence-electron chi connectivity index (χ1n) is 5.47. The lowest BCUT2D eigenvalue weighted by atomic mass is 10.1. The summed E-state index contributed by atoms with van der Waals surface area (Å²) in [7, 11) is 0. The van der Waals surface area contributed by atoms with E-state index in [-0.39, 0.29) is 11.3 Å².